The fourth-order valence-electron chi connectivity index (χ4n) is 3.69. The molecule has 0 aliphatic carbocycles. The van der Waals surface area contributed by atoms with E-state index in [4.69, 9.17) is 11.6 Å². The number of aromatic nitrogens is 3. The molecule has 30 heavy (non-hydrogen) atoms. The molecule has 1 fully saturated rings. The van der Waals surface area contributed by atoms with E-state index >= 15 is 0 Å². The molecule has 1 saturated heterocycles. The predicted molar refractivity (Wildman–Crippen MR) is 122 cm³/mol. The lowest BCUT2D eigenvalue weighted by atomic mass is 10.0. The van der Waals surface area contributed by atoms with Gasteiger partial charge in [0.15, 0.2) is 15.0 Å². The van der Waals surface area contributed by atoms with Gasteiger partial charge in [0, 0.05) is 17.5 Å². The molecule has 2 aromatic carbocycles. The third-order valence-corrected chi connectivity index (χ3v) is 8.47. The molecule has 2 atom stereocenters. The molecule has 0 saturated carbocycles. The maximum Gasteiger partial charge on any atom is 0.192 e. The average Bonchev–Trinajstić information content (AvgIpc) is 3.30. The summed E-state index contributed by atoms with van der Waals surface area (Å²) in [4.78, 5) is 0. The number of hydrogen-bond acceptors (Lipinski definition) is 5. The van der Waals surface area contributed by atoms with Crippen LogP contribution < -0.4 is 0 Å². The minimum atomic E-state index is -3.01. The highest BCUT2D eigenvalue weighted by atomic mass is 35.5. The highest BCUT2D eigenvalue weighted by molar-refractivity contribution is 7.99. The first-order valence-corrected chi connectivity index (χ1v) is 12.8. The lowest BCUT2D eigenvalue weighted by Crippen LogP contribution is -2.11. The Morgan fingerprint density at radius 2 is 1.83 bits per heavy atom. The van der Waals surface area contributed by atoms with Gasteiger partial charge in [-0.3, -0.25) is 0 Å². The molecule has 1 aliphatic heterocycles. The van der Waals surface area contributed by atoms with Crippen LogP contribution in [0, 0.1) is 0 Å². The molecule has 1 aromatic heterocycles. The second-order valence-electron chi connectivity index (χ2n) is 7.30. The Morgan fingerprint density at radius 1 is 1.13 bits per heavy atom. The summed E-state index contributed by atoms with van der Waals surface area (Å²) in [6.45, 7) is 4.39. The maximum atomic E-state index is 12.0. The van der Waals surface area contributed by atoms with E-state index in [1.165, 1.54) is 0 Å². The standard InChI is InChI=1S/C22H22ClN3O2S2/c1-2-13-26-21(18-12-14-30(27,28)15-18)24-25-22(26)29-20(16-6-4-3-5-7-16)17-8-10-19(23)11-9-17/h2-11,18,20H,1,12-15H2. The minimum absolute atomic E-state index is 0.00334. The van der Waals surface area contributed by atoms with Crippen LogP contribution in [-0.4, -0.2) is 34.7 Å². The molecule has 0 radical (unpaired) electrons. The summed E-state index contributed by atoms with van der Waals surface area (Å²) in [5.74, 6) is 0.939. The van der Waals surface area contributed by atoms with Gasteiger partial charge in [-0.15, -0.1) is 16.8 Å². The second kappa shape index (κ2) is 8.96. The van der Waals surface area contributed by atoms with Gasteiger partial charge in [0.1, 0.15) is 5.82 Å². The Bertz CT molecular complexity index is 1130. The van der Waals surface area contributed by atoms with E-state index < -0.39 is 9.84 Å². The lowest BCUT2D eigenvalue weighted by molar-refractivity contribution is 0.597. The van der Waals surface area contributed by atoms with Crippen molar-refractivity contribution >= 4 is 33.2 Å². The van der Waals surface area contributed by atoms with Crippen molar-refractivity contribution in [1.29, 1.82) is 0 Å². The van der Waals surface area contributed by atoms with E-state index in [1.807, 2.05) is 47.0 Å². The monoisotopic (exact) mass is 459 g/mol. The van der Waals surface area contributed by atoms with Crippen LogP contribution >= 0.6 is 23.4 Å². The number of hydrogen-bond donors (Lipinski definition) is 0. The van der Waals surface area contributed by atoms with E-state index in [0.29, 0.717) is 18.0 Å². The van der Waals surface area contributed by atoms with Crippen LogP contribution in [0.1, 0.15) is 34.5 Å². The number of nitrogens with zero attached hydrogens (tertiary/aromatic N) is 3. The van der Waals surface area contributed by atoms with Crippen molar-refractivity contribution in [2.45, 2.75) is 29.3 Å². The molecular weight excluding hydrogens is 438 g/mol. The SMILES string of the molecule is C=CCn1c(SC(c2ccccc2)c2ccc(Cl)cc2)nnc1C1CCS(=O)(=O)C1. The molecule has 8 heteroatoms. The van der Waals surface area contributed by atoms with Crippen LogP contribution in [0.15, 0.2) is 72.4 Å². The Labute approximate surface area is 186 Å². The molecule has 156 valence electrons. The predicted octanol–water partition coefficient (Wildman–Crippen LogP) is 4.90. The van der Waals surface area contributed by atoms with Crippen molar-refractivity contribution in [2.24, 2.45) is 0 Å². The largest absolute Gasteiger partial charge is 0.302 e. The van der Waals surface area contributed by atoms with Crippen LogP contribution in [0.5, 0.6) is 0 Å². The summed E-state index contributed by atoms with van der Waals surface area (Å²) in [7, 11) is -3.01. The smallest absolute Gasteiger partial charge is 0.192 e. The zero-order valence-electron chi connectivity index (χ0n) is 16.3. The normalized spacial score (nSPS) is 18.9. The van der Waals surface area contributed by atoms with Crippen LogP contribution in [0.3, 0.4) is 0 Å². The molecule has 5 nitrogen and oxygen atoms in total. The summed E-state index contributed by atoms with van der Waals surface area (Å²) in [6, 6.07) is 18.0. The Morgan fingerprint density at radius 3 is 2.47 bits per heavy atom. The molecule has 0 bridgehead atoms. The number of allylic oxidation sites excluding steroid dienone is 1. The first-order valence-electron chi connectivity index (χ1n) is 9.68. The van der Waals surface area contributed by atoms with Crippen LogP contribution in [-0.2, 0) is 16.4 Å². The third-order valence-electron chi connectivity index (χ3n) is 5.15. The molecule has 1 aliphatic rings. The zero-order valence-corrected chi connectivity index (χ0v) is 18.7. The highest BCUT2D eigenvalue weighted by Gasteiger charge is 2.33. The topological polar surface area (TPSA) is 64.8 Å². The first-order chi connectivity index (χ1) is 14.5. The summed E-state index contributed by atoms with van der Waals surface area (Å²) in [5, 5.41) is 10.3. The molecular formula is C22H22ClN3O2S2. The van der Waals surface area contributed by atoms with Gasteiger partial charge in [0.25, 0.3) is 0 Å². The quantitative estimate of drug-likeness (QED) is 0.371. The highest BCUT2D eigenvalue weighted by Crippen LogP contribution is 2.41. The van der Waals surface area contributed by atoms with Gasteiger partial charge < -0.3 is 4.57 Å². The van der Waals surface area contributed by atoms with Gasteiger partial charge in [-0.1, -0.05) is 71.9 Å². The Kier molecular flexibility index (Phi) is 6.32. The van der Waals surface area contributed by atoms with Crippen molar-refractivity contribution in [3.8, 4) is 0 Å². The molecule has 0 N–H and O–H groups in total. The van der Waals surface area contributed by atoms with E-state index in [2.05, 4.69) is 28.9 Å². The first kappa shape index (κ1) is 21.2. The van der Waals surface area contributed by atoms with Crippen LogP contribution in [0.4, 0.5) is 0 Å². The van der Waals surface area contributed by atoms with Crippen molar-refractivity contribution in [3.05, 3.63) is 89.2 Å². The van der Waals surface area contributed by atoms with Crippen LogP contribution in [0.2, 0.25) is 5.02 Å². The molecule has 3 aromatic rings. The fourth-order valence-corrected chi connectivity index (χ4v) is 6.73. The van der Waals surface area contributed by atoms with Crippen molar-refractivity contribution in [1.82, 2.24) is 14.8 Å². The molecule has 0 spiro atoms. The fraction of sp³-hybridized carbons (Fsp3) is 0.273. The number of benzene rings is 2. The van der Waals surface area contributed by atoms with Crippen molar-refractivity contribution in [2.75, 3.05) is 11.5 Å². The molecule has 0 amide bonds. The third kappa shape index (κ3) is 4.63. The van der Waals surface area contributed by atoms with Gasteiger partial charge in [0.2, 0.25) is 0 Å². The van der Waals surface area contributed by atoms with E-state index in [0.717, 1.165) is 22.1 Å². The van der Waals surface area contributed by atoms with Gasteiger partial charge in [-0.25, -0.2) is 8.42 Å². The summed E-state index contributed by atoms with van der Waals surface area (Å²) in [5.41, 5.74) is 2.25. The van der Waals surface area contributed by atoms with Crippen LogP contribution in [0.25, 0.3) is 0 Å². The second-order valence-corrected chi connectivity index (χ2v) is 11.0. The average molecular weight is 460 g/mol. The van der Waals surface area contributed by atoms with Crippen molar-refractivity contribution < 1.29 is 8.42 Å². The lowest BCUT2D eigenvalue weighted by Gasteiger charge is -2.18. The number of thioether (sulfide) groups is 1. The summed E-state index contributed by atoms with van der Waals surface area (Å²) >= 11 is 7.69. The van der Waals surface area contributed by atoms with Gasteiger partial charge in [-0.2, -0.15) is 0 Å². The van der Waals surface area contributed by atoms with E-state index in [-0.39, 0.29) is 22.7 Å². The number of sulfone groups is 1. The number of rotatable bonds is 7. The molecule has 4 rings (SSSR count). The van der Waals surface area contributed by atoms with Gasteiger partial charge in [0.05, 0.1) is 16.8 Å². The maximum absolute atomic E-state index is 12.0. The van der Waals surface area contributed by atoms with Gasteiger partial charge in [-0.05, 0) is 29.7 Å². The Hall–Kier alpha value is -2.09. The zero-order chi connectivity index (χ0) is 21.1. The number of halogens is 1. The van der Waals surface area contributed by atoms with E-state index in [1.54, 1.807) is 17.8 Å². The van der Waals surface area contributed by atoms with Crippen molar-refractivity contribution in [3.63, 3.8) is 0 Å². The summed E-state index contributed by atoms with van der Waals surface area (Å²) < 4.78 is 25.9. The Balaban J connectivity index is 1.71. The van der Waals surface area contributed by atoms with E-state index in [9.17, 15) is 8.42 Å². The van der Waals surface area contributed by atoms with Gasteiger partial charge >= 0.3 is 0 Å². The molecule has 2 unspecified atom stereocenters. The minimum Gasteiger partial charge on any atom is -0.302 e. The summed E-state index contributed by atoms with van der Waals surface area (Å²) in [6.07, 6.45) is 2.38. The molecule has 2 heterocycles.